The highest BCUT2D eigenvalue weighted by Gasteiger charge is 2.19. The molecule has 0 fully saturated rings. The molecular formula is C10H22ClNO2S. The van der Waals surface area contributed by atoms with Crippen LogP contribution < -0.4 is 5.14 Å². The van der Waals surface area contributed by atoms with E-state index in [-0.39, 0.29) is 5.25 Å². The SMILES string of the molecule is CCCCC(CCCCCCl)S(N)(=O)=O. The van der Waals surface area contributed by atoms with E-state index in [1.54, 1.807) is 0 Å². The zero-order chi connectivity index (χ0) is 11.7. The van der Waals surface area contributed by atoms with Crippen LogP contribution in [0, 0.1) is 0 Å². The van der Waals surface area contributed by atoms with Crippen molar-refractivity contribution in [1.29, 1.82) is 0 Å². The molecule has 0 aliphatic carbocycles. The van der Waals surface area contributed by atoms with Gasteiger partial charge in [-0.05, 0) is 19.3 Å². The number of nitrogens with two attached hydrogens (primary N) is 1. The zero-order valence-electron chi connectivity index (χ0n) is 9.41. The van der Waals surface area contributed by atoms with E-state index >= 15 is 0 Å². The minimum absolute atomic E-state index is 0.354. The van der Waals surface area contributed by atoms with Gasteiger partial charge < -0.3 is 0 Å². The van der Waals surface area contributed by atoms with Gasteiger partial charge in [-0.15, -0.1) is 11.6 Å². The first-order valence-corrected chi connectivity index (χ1v) is 7.74. The minimum Gasteiger partial charge on any atom is -0.228 e. The van der Waals surface area contributed by atoms with E-state index in [2.05, 4.69) is 0 Å². The lowest BCUT2D eigenvalue weighted by Crippen LogP contribution is -2.28. The van der Waals surface area contributed by atoms with E-state index in [9.17, 15) is 8.42 Å². The predicted molar refractivity (Wildman–Crippen MR) is 65.6 cm³/mol. The number of alkyl halides is 1. The maximum atomic E-state index is 11.3. The molecule has 0 aromatic carbocycles. The van der Waals surface area contributed by atoms with Gasteiger partial charge in [0.2, 0.25) is 10.0 Å². The van der Waals surface area contributed by atoms with Crippen molar-refractivity contribution in [2.45, 2.75) is 57.1 Å². The summed E-state index contributed by atoms with van der Waals surface area (Å²) in [6.45, 7) is 2.05. The molecule has 0 radical (unpaired) electrons. The van der Waals surface area contributed by atoms with Gasteiger partial charge in [0.05, 0.1) is 5.25 Å². The average Bonchev–Trinajstić information content (AvgIpc) is 2.15. The summed E-state index contributed by atoms with van der Waals surface area (Å²) >= 11 is 5.55. The second-order valence-corrected chi connectivity index (χ2v) is 6.11. The third-order valence-electron chi connectivity index (χ3n) is 2.50. The molecule has 3 nitrogen and oxygen atoms in total. The molecule has 1 atom stereocenters. The Hall–Kier alpha value is 0.200. The molecule has 0 rings (SSSR count). The predicted octanol–water partition coefficient (Wildman–Crippen LogP) is 2.63. The number of halogens is 1. The summed E-state index contributed by atoms with van der Waals surface area (Å²) in [5.41, 5.74) is 0. The van der Waals surface area contributed by atoms with Crippen molar-refractivity contribution in [3.63, 3.8) is 0 Å². The van der Waals surface area contributed by atoms with Crippen LogP contribution in [0.3, 0.4) is 0 Å². The van der Waals surface area contributed by atoms with Gasteiger partial charge in [0.15, 0.2) is 0 Å². The Bertz CT molecular complexity index is 242. The molecule has 1 unspecified atom stereocenters. The number of rotatable bonds is 9. The molecule has 0 aliphatic heterocycles. The van der Waals surface area contributed by atoms with E-state index in [1.807, 2.05) is 6.92 Å². The Morgan fingerprint density at radius 2 is 1.73 bits per heavy atom. The fourth-order valence-corrected chi connectivity index (χ4v) is 2.73. The molecule has 5 heteroatoms. The van der Waals surface area contributed by atoms with Crippen molar-refractivity contribution >= 4 is 21.6 Å². The number of unbranched alkanes of at least 4 members (excludes halogenated alkanes) is 3. The molecule has 0 amide bonds. The molecule has 0 aliphatic rings. The van der Waals surface area contributed by atoms with Gasteiger partial charge >= 0.3 is 0 Å². The van der Waals surface area contributed by atoms with Crippen molar-refractivity contribution < 1.29 is 8.42 Å². The lowest BCUT2D eigenvalue weighted by Gasteiger charge is -2.13. The van der Waals surface area contributed by atoms with Crippen LogP contribution in [-0.2, 0) is 10.0 Å². The smallest absolute Gasteiger partial charge is 0.211 e. The topological polar surface area (TPSA) is 60.2 Å². The van der Waals surface area contributed by atoms with Crippen LogP contribution in [0.4, 0.5) is 0 Å². The van der Waals surface area contributed by atoms with Crippen LogP contribution in [0.25, 0.3) is 0 Å². The summed E-state index contributed by atoms with van der Waals surface area (Å²) in [6.07, 6.45) is 6.14. The van der Waals surface area contributed by atoms with Gasteiger partial charge in [-0.2, -0.15) is 0 Å². The Kier molecular flexibility index (Phi) is 8.47. The van der Waals surface area contributed by atoms with Crippen molar-refractivity contribution in [3.05, 3.63) is 0 Å². The molecule has 0 heterocycles. The summed E-state index contributed by atoms with van der Waals surface area (Å²) in [5.74, 6) is 0.648. The van der Waals surface area contributed by atoms with Gasteiger partial charge in [0.1, 0.15) is 0 Å². The Labute approximate surface area is 98.4 Å². The van der Waals surface area contributed by atoms with Crippen molar-refractivity contribution in [2.24, 2.45) is 5.14 Å². The lowest BCUT2D eigenvalue weighted by molar-refractivity contribution is 0.536. The average molecular weight is 256 g/mol. The van der Waals surface area contributed by atoms with Gasteiger partial charge in [-0.3, -0.25) is 0 Å². The molecule has 0 aromatic rings. The quantitative estimate of drug-likeness (QED) is 0.509. The number of hydrogen-bond acceptors (Lipinski definition) is 2. The highest BCUT2D eigenvalue weighted by atomic mass is 35.5. The summed E-state index contributed by atoms with van der Waals surface area (Å²) in [5, 5.41) is 4.83. The summed E-state index contributed by atoms with van der Waals surface area (Å²) in [4.78, 5) is 0. The van der Waals surface area contributed by atoms with E-state index in [1.165, 1.54) is 0 Å². The standard InChI is InChI=1S/C10H22ClNO2S/c1-2-3-7-10(15(12,13)14)8-5-4-6-9-11/h10H,2-9H2,1H3,(H2,12,13,14). The highest BCUT2D eigenvalue weighted by molar-refractivity contribution is 7.89. The van der Waals surface area contributed by atoms with Crippen LogP contribution in [0.2, 0.25) is 0 Å². The molecular weight excluding hydrogens is 234 g/mol. The Balaban J connectivity index is 3.92. The van der Waals surface area contributed by atoms with E-state index in [4.69, 9.17) is 16.7 Å². The maximum absolute atomic E-state index is 11.3. The second-order valence-electron chi connectivity index (χ2n) is 3.89. The first-order chi connectivity index (χ1) is 7.02. The van der Waals surface area contributed by atoms with Crippen LogP contribution in [0.15, 0.2) is 0 Å². The van der Waals surface area contributed by atoms with Crippen molar-refractivity contribution in [1.82, 2.24) is 0 Å². The van der Waals surface area contributed by atoms with Crippen LogP contribution in [0.5, 0.6) is 0 Å². The molecule has 0 spiro atoms. The molecule has 15 heavy (non-hydrogen) atoms. The van der Waals surface area contributed by atoms with Crippen molar-refractivity contribution in [3.8, 4) is 0 Å². The first-order valence-electron chi connectivity index (χ1n) is 5.60. The maximum Gasteiger partial charge on any atom is 0.211 e. The first kappa shape index (κ1) is 15.2. The largest absolute Gasteiger partial charge is 0.228 e. The summed E-state index contributed by atoms with van der Waals surface area (Å²) in [6, 6.07) is 0. The monoisotopic (exact) mass is 255 g/mol. The Morgan fingerprint density at radius 3 is 2.20 bits per heavy atom. The molecule has 0 aromatic heterocycles. The summed E-state index contributed by atoms with van der Waals surface area (Å²) < 4.78 is 22.5. The van der Waals surface area contributed by atoms with Crippen LogP contribution in [0.1, 0.15) is 51.9 Å². The van der Waals surface area contributed by atoms with Gasteiger partial charge in [-0.25, -0.2) is 13.6 Å². The molecule has 92 valence electrons. The molecule has 2 N–H and O–H groups in total. The fourth-order valence-electron chi connectivity index (χ4n) is 1.55. The Morgan fingerprint density at radius 1 is 1.13 bits per heavy atom. The molecule has 0 saturated heterocycles. The number of primary sulfonamides is 1. The van der Waals surface area contributed by atoms with Gasteiger partial charge in [0.25, 0.3) is 0 Å². The van der Waals surface area contributed by atoms with Crippen LogP contribution in [-0.4, -0.2) is 19.5 Å². The fraction of sp³-hybridized carbons (Fsp3) is 1.00. The normalized spacial score (nSPS) is 14.1. The van der Waals surface area contributed by atoms with Crippen molar-refractivity contribution in [2.75, 3.05) is 5.88 Å². The molecule has 0 bridgehead atoms. The lowest BCUT2D eigenvalue weighted by atomic mass is 10.1. The molecule has 0 saturated carbocycles. The minimum atomic E-state index is -3.36. The number of sulfonamides is 1. The number of hydrogen-bond donors (Lipinski definition) is 1. The van der Waals surface area contributed by atoms with Crippen LogP contribution >= 0.6 is 11.6 Å². The van der Waals surface area contributed by atoms with Gasteiger partial charge in [0, 0.05) is 5.88 Å². The second kappa shape index (κ2) is 8.36. The van der Waals surface area contributed by atoms with Gasteiger partial charge in [-0.1, -0.05) is 32.6 Å². The third-order valence-corrected chi connectivity index (χ3v) is 4.17. The third kappa shape index (κ3) is 8.05. The highest BCUT2D eigenvalue weighted by Crippen LogP contribution is 2.15. The van der Waals surface area contributed by atoms with E-state index in [0.717, 1.165) is 32.1 Å². The van der Waals surface area contributed by atoms with E-state index in [0.29, 0.717) is 18.7 Å². The zero-order valence-corrected chi connectivity index (χ0v) is 11.0. The van der Waals surface area contributed by atoms with E-state index < -0.39 is 10.0 Å². The summed E-state index contributed by atoms with van der Waals surface area (Å²) in [7, 11) is -3.36.